The van der Waals surface area contributed by atoms with Crippen molar-refractivity contribution in [3.8, 4) is 0 Å². The molecule has 0 saturated carbocycles. The number of rotatable bonds is 14. The third kappa shape index (κ3) is 11.8. The minimum atomic E-state index is -1.57. The average Bonchev–Trinajstić information content (AvgIpc) is 2.60. The Kier molecular flexibility index (Phi) is 11.4. The molecule has 14 heteroatoms. The lowest BCUT2D eigenvalue weighted by Gasteiger charge is -2.21. The first-order valence-electron chi connectivity index (χ1n) is 8.58. The fraction of sp³-hybridized carbons (Fsp3) is 0.600. The number of carbonyl (C=O) groups is 5. The third-order valence-corrected chi connectivity index (χ3v) is 3.61. The molecule has 0 aromatic carbocycles. The first-order chi connectivity index (χ1) is 13.4. The van der Waals surface area contributed by atoms with Gasteiger partial charge in [0.25, 0.3) is 0 Å². The maximum atomic E-state index is 12.3. The number of nitrogens with one attached hydrogen (secondary N) is 2. The molecule has 0 aliphatic rings. The van der Waals surface area contributed by atoms with Gasteiger partial charge in [0, 0.05) is 13.0 Å². The second-order valence-corrected chi connectivity index (χ2v) is 6.12. The number of hydrogen-bond donors (Lipinski definition) is 8. The van der Waals surface area contributed by atoms with Crippen LogP contribution in [0.25, 0.3) is 0 Å². The van der Waals surface area contributed by atoms with E-state index >= 15 is 0 Å². The minimum Gasteiger partial charge on any atom is -0.481 e. The number of primary amides is 1. The molecule has 0 rings (SSSR count). The van der Waals surface area contributed by atoms with Crippen LogP contribution < -0.4 is 33.6 Å². The van der Waals surface area contributed by atoms with Crippen LogP contribution in [-0.2, 0) is 24.0 Å². The standard InChI is InChI=1S/C15H27N7O7/c16-7(2-1-5-20-15(18)19)12(26)22-9(6-11(24)25)13(27)21-8(14(28)29)3-4-10(17)23/h7-9H,1-6,16H2,(H2,17,23)(H,21,27)(H,22,26)(H,24,25)(H,28,29)(H4,18,19,20). The molecule has 3 unspecified atom stereocenters. The maximum absolute atomic E-state index is 12.3. The van der Waals surface area contributed by atoms with E-state index in [1.165, 1.54) is 0 Å². The highest BCUT2D eigenvalue weighted by Crippen LogP contribution is 2.02. The fourth-order valence-corrected chi connectivity index (χ4v) is 2.13. The van der Waals surface area contributed by atoms with Gasteiger partial charge in [-0.1, -0.05) is 0 Å². The summed E-state index contributed by atoms with van der Waals surface area (Å²) >= 11 is 0. The summed E-state index contributed by atoms with van der Waals surface area (Å²) in [5.74, 6) is -5.60. The number of hydrogen-bond acceptors (Lipinski definition) is 7. The van der Waals surface area contributed by atoms with Gasteiger partial charge in [-0.05, 0) is 19.3 Å². The highest BCUT2D eigenvalue weighted by atomic mass is 16.4. The topological polar surface area (TPSA) is 266 Å². The van der Waals surface area contributed by atoms with Crippen molar-refractivity contribution in [2.45, 2.75) is 50.2 Å². The average molecular weight is 417 g/mol. The Morgan fingerprint density at radius 2 is 1.48 bits per heavy atom. The van der Waals surface area contributed by atoms with Crippen molar-refractivity contribution < 1.29 is 34.2 Å². The summed E-state index contributed by atoms with van der Waals surface area (Å²) in [6.45, 7) is 0.225. The highest BCUT2D eigenvalue weighted by Gasteiger charge is 2.29. The molecule has 0 aromatic heterocycles. The summed E-state index contributed by atoms with van der Waals surface area (Å²) in [6, 6.07) is -4.13. The molecule has 0 fully saturated rings. The summed E-state index contributed by atoms with van der Waals surface area (Å²) in [7, 11) is 0. The van der Waals surface area contributed by atoms with Crippen LogP contribution in [0.3, 0.4) is 0 Å². The van der Waals surface area contributed by atoms with Crippen LogP contribution in [0.15, 0.2) is 4.99 Å². The summed E-state index contributed by atoms with van der Waals surface area (Å²) in [5.41, 5.74) is 21.0. The van der Waals surface area contributed by atoms with Crippen molar-refractivity contribution >= 4 is 35.6 Å². The minimum absolute atomic E-state index is 0.120. The molecule has 0 aliphatic carbocycles. The van der Waals surface area contributed by atoms with Crippen molar-refractivity contribution in [2.75, 3.05) is 6.54 Å². The van der Waals surface area contributed by atoms with Gasteiger partial charge in [-0.3, -0.25) is 24.2 Å². The highest BCUT2D eigenvalue weighted by molar-refractivity contribution is 5.94. The zero-order chi connectivity index (χ0) is 22.6. The molecule has 0 aromatic rings. The van der Waals surface area contributed by atoms with Gasteiger partial charge in [0.05, 0.1) is 12.5 Å². The summed E-state index contributed by atoms with van der Waals surface area (Å²) in [4.78, 5) is 61.1. The smallest absolute Gasteiger partial charge is 0.326 e. The molecule has 164 valence electrons. The van der Waals surface area contributed by atoms with Gasteiger partial charge in [0.15, 0.2) is 5.96 Å². The Balaban J connectivity index is 4.95. The first-order valence-corrected chi connectivity index (χ1v) is 8.58. The van der Waals surface area contributed by atoms with Crippen molar-refractivity contribution in [1.29, 1.82) is 0 Å². The molecule has 0 saturated heterocycles. The van der Waals surface area contributed by atoms with E-state index in [1.807, 2.05) is 0 Å². The van der Waals surface area contributed by atoms with Gasteiger partial charge in [-0.2, -0.15) is 0 Å². The number of aliphatic imine (C=N–C) groups is 1. The molecule has 0 heterocycles. The van der Waals surface area contributed by atoms with Gasteiger partial charge < -0.3 is 43.8 Å². The molecular weight excluding hydrogens is 390 g/mol. The molecular formula is C15H27N7O7. The van der Waals surface area contributed by atoms with Crippen molar-refractivity contribution in [1.82, 2.24) is 10.6 Å². The normalized spacial score (nSPS) is 13.4. The lowest BCUT2D eigenvalue weighted by atomic mass is 10.1. The second-order valence-electron chi connectivity index (χ2n) is 6.12. The molecule has 12 N–H and O–H groups in total. The quantitative estimate of drug-likeness (QED) is 0.0774. The Hall–Kier alpha value is -3.42. The number of guanidine groups is 1. The Morgan fingerprint density at radius 3 is 1.97 bits per heavy atom. The van der Waals surface area contributed by atoms with Gasteiger partial charge in [0.1, 0.15) is 12.1 Å². The number of aliphatic carboxylic acids is 2. The molecule has 0 spiro atoms. The van der Waals surface area contributed by atoms with E-state index in [1.54, 1.807) is 0 Å². The molecule has 0 aliphatic heterocycles. The van der Waals surface area contributed by atoms with E-state index in [9.17, 15) is 24.0 Å². The summed E-state index contributed by atoms with van der Waals surface area (Å²) < 4.78 is 0. The molecule has 0 radical (unpaired) electrons. The maximum Gasteiger partial charge on any atom is 0.326 e. The number of amides is 3. The predicted molar refractivity (Wildman–Crippen MR) is 100 cm³/mol. The summed E-state index contributed by atoms with van der Waals surface area (Å²) in [6.07, 6.45) is -0.903. The van der Waals surface area contributed by atoms with E-state index in [2.05, 4.69) is 15.6 Å². The first kappa shape index (κ1) is 25.6. The van der Waals surface area contributed by atoms with Crippen molar-refractivity contribution in [3.63, 3.8) is 0 Å². The van der Waals surface area contributed by atoms with E-state index in [-0.39, 0.29) is 31.8 Å². The lowest BCUT2D eigenvalue weighted by Crippen LogP contribution is -2.55. The molecule has 3 atom stereocenters. The Bertz CT molecular complexity index is 649. The van der Waals surface area contributed by atoms with Crippen LogP contribution in [0.5, 0.6) is 0 Å². The molecule has 29 heavy (non-hydrogen) atoms. The van der Waals surface area contributed by atoms with Crippen molar-refractivity contribution in [2.24, 2.45) is 27.9 Å². The van der Waals surface area contributed by atoms with Gasteiger partial charge >= 0.3 is 11.9 Å². The fourth-order valence-electron chi connectivity index (χ4n) is 2.13. The Labute approximate surface area is 166 Å². The van der Waals surface area contributed by atoms with E-state index in [0.717, 1.165) is 0 Å². The zero-order valence-corrected chi connectivity index (χ0v) is 15.7. The van der Waals surface area contributed by atoms with Gasteiger partial charge in [-0.25, -0.2) is 4.79 Å². The SMILES string of the molecule is NC(=O)CCC(NC(=O)C(CC(=O)O)NC(=O)C(N)CCCN=C(N)N)C(=O)O. The van der Waals surface area contributed by atoms with E-state index in [4.69, 9.17) is 33.1 Å². The van der Waals surface area contributed by atoms with Gasteiger partial charge in [0.2, 0.25) is 17.7 Å². The lowest BCUT2D eigenvalue weighted by molar-refractivity contribution is -0.143. The molecule has 0 bridgehead atoms. The van der Waals surface area contributed by atoms with Crippen LogP contribution in [0, 0.1) is 0 Å². The number of carboxylic acids is 2. The van der Waals surface area contributed by atoms with Crippen LogP contribution in [0.1, 0.15) is 32.1 Å². The number of nitrogens with zero attached hydrogens (tertiary/aromatic N) is 1. The number of nitrogens with two attached hydrogens (primary N) is 4. The number of carboxylic acid groups (broad SMARTS) is 2. The van der Waals surface area contributed by atoms with E-state index in [0.29, 0.717) is 6.42 Å². The predicted octanol–water partition coefficient (Wildman–Crippen LogP) is -3.84. The second kappa shape index (κ2) is 12.9. The van der Waals surface area contributed by atoms with Gasteiger partial charge in [-0.15, -0.1) is 0 Å². The third-order valence-electron chi connectivity index (χ3n) is 3.61. The molecule has 3 amide bonds. The van der Waals surface area contributed by atoms with Crippen LogP contribution in [0.2, 0.25) is 0 Å². The molecule has 14 nitrogen and oxygen atoms in total. The van der Waals surface area contributed by atoms with Crippen LogP contribution in [0.4, 0.5) is 0 Å². The summed E-state index contributed by atoms with van der Waals surface area (Å²) in [5, 5.41) is 22.3. The monoisotopic (exact) mass is 417 g/mol. The Morgan fingerprint density at radius 1 is 0.897 bits per heavy atom. The largest absolute Gasteiger partial charge is 0.481 e. The zero-order valence-electron chi connectivity index (χ0n) is 15.7. The van der Waals surface area contributed by atoms with Crippen LogP contribution >= 0.6 is 0 Å². The number of carbonyl (C=O) groups excluding carboxylic acids is 3. The van der Waals surface area contributed by atoms with E-state index < -0.39 is 54.2 Å². The van der Waals surface area contributed by atoms with Crippen molar-refractivity contribution in [3.05, 3.63) is 0 Å². The van der Waals surface area contributed by atoms with Crippen LogP contribution in [-0.4, -0.2) is 70.5 Å².